The van der Waals surface area contributed by atoms with Crippen LogP contribution in [0.4, 0.5) is 13.2 Å². The lowest BCUT2D eigenvalue weighted by Crippen LogP contribution is -2.43. The van der Waals surface area contributed by atoms with E-state index in [1.165, 1.54) is 19.9 Å². The summed E-state index contributed by atoms with van der Waals surface area (Å²) in [5.41, 5.74) is -2.62. The van der Waals surface area contributed by atoms with Gasteiger partial charge in [-0.05, 0) is 13.8 Å². The van der Waals surface area contributed by atoms with Gasteiger partial charge in [0.05, 0.1) is 12.1 Å². The first-order valence-electron chi connectivity index (χ1n) is 10.8. The maximum atomic E-state index is 13.1. The zero-order chi connectivity index (χ0) is 32.4. The third kappa shape index (κ3) is 9.99. The summed E-state index contributed by atoms with van der Waals surface area (Å²) in [4.78, 5) is 74.3. The highest BCUT2D eigenvalue weighted by atomic mass is 31.3. The number of alkyl halides is 3. The predicted octanol–water partition coefficient (Wildman–Crippen LogP) is 0.396. The molecule has 0 fully saturated rings. The number of aliphatic hydroxyl groups excluding tert-OH is 2. The number of aromatic nitrogens is 2. The molecule has 4 atom stereocenters. The van der Waals surface area contributed by atoms with Crippen LogP contribution in [0.3, 0.4) is 0 Å². The van der Waals surface area contributed by atoms with E-state index in [1.54, 1.807) is 4.98 Å². The Morgan fingerprint density at radius 2 is 1.74 bits per heavy atom. The number of allylic oxidation sites excluding steroid dienone is 1. The van der Waals surface area contributed by atoms with Crippen molar-refractivity contribution < 1.29 is 79.3 Å². The average Bonchev–Trinajstić information content (AvgIpc) is 3.06. The highest BCUT2D eigenvalue weighted by Gasteiger charge is 2.44. The van der Waals surface area contributed by atoms with Gasteiger partial charge in [-0.3, -0.25) is 23.7 Å². The maximum Gasteiger partial charge on any atom is 0.490 e. The molecule has 42 heavy (non-hydrogen) atoms. The lowest BCUT2D eigenvalue weighted by Gasteiger charge is -2.23. The Labute approximate surface area is 231 Å². The Kier molecular flexibility index (Phi) is 11.0. The molecule has 0 radical (unpaired) electrons. The molecule has 2 rings (SSSR count). The Bertz CT molecular complexity index is 1530. The maximum absolute atomic E-state index is 13.1. The first-order chi connectivity index (χ1) is 18.9. The number of phosphoric acid groups is 3. The normalized spacial score (nSPS) is 20.4. The third-order valence-corrected chi connectivity index (χ3v) is 8.58. The van der Waals surface area contributed by atoms with Crippen LogP contribution in [0, 0.1) is 0 Å². The van der Waals surface area contributed by atoms with Crippen molar-refractivity contribution in [3.8, 4) is 0 Å². The fraction of sp³-hybridized carbons (Fsp3) is 0.471. The minimum Gasteiger partial charge on any atom is -0.506 e. The number of nitrogens with zero attached hydrogens (tertiary/aromatic N) is 2. The van der Waals surface area contributed by atoms with Crippen LogP contribution in [0.15, 0.2) is 39.0 Å². The van der Waals surface area contributed by atoms with Crippen molar-refractivity contribution in [1.82, 2.24) is 14.5 Å². The van der Waals surface area contributed by atoms with Gasteiger partial charge in [-0.1, -0.05) is 11.6 Å². The van der Waals surface area contributed by atoms with Crippen LogP contribution < -0.4 is 11.2 Å². The molecule has 1 aliphatic rings. The molecule has 0 aliphatic carbocycles. The summed E-state index contributed by atoms with van der Waals surface area (Å²) in [7, 11) is -17.3. The standard InChI is InChI=1S/C17H23F3N3O16P3/c1-8(2)3-4-22(15(27)17(18,19)20)5-9-6-23(16(28)21-13(9)26)14-12(25)11(24)10(37-14)7-36-41(32,33)39-42(34,35)38-40(29,30)31/h3,6,12,14,24-25H,4-5,7H2,1-2H3,(H,32,33)(H,34,35)(H,21,26,28)(H2,29,30,31)/t12?,14-/m1/s1. The van der Waals surface area contributed by atoms with Crippen molar-refractivity contribution in [1.29, 1.82) is 0 Å². The van der Waals surface area contributed by atoms with Gasteiger partial charge in [-0.15, -0.1) is 0 Å². The molecular formula is C17H23F3N3O16P3. The summed E-state index contributed by atoms with van der Waals surface area (Å²) in [6.07, 6.45) is -7.62. The van der Waals surface area contributed by atoms with E-state index < -0.39 is 95.9 Å². The van der Waals surface area contributed by atoms with Crippen molar-refractivity contribution in [3.63, 3.8) is 0 Å². The Balaban J connectivity index is 2.29. The molecule has 0 saturated carbocycles. The van der Waals surface area contributed by atoms with E-state index >= 15 is 0 Å². The molecule has 2 heterocycles. The van der Waals surface area contributed by atoms with Gasteiger partial charge >= 0.3 is 41.2 Å². The van der Waals surface area contributed by atoms with Crippen molar-refractivity contribution in [2.24, 2.45) is 0 Å². The SMILES string of the molecule is CC(C)=CCN(Cc1cn([C@@H]2OC(COP(=O)(O)OP(=O)(O)OP(=O)(O)O)=C(O)C2O)c(=O)[nH]c1=O)C(=O)C(F)(F)F. The molecule has 0 aromatic carbocycles. The second kappa shape index (κ2) is 12.9. The van der Waals surface area contributed by atoms with Gasteiger partial charge in [-0.2, -0.15) is 21.8 Å². The first kappa shape index (κ1) is 35.6. The molecule has 7 N–H and O–H groups in total. The van der Waals surface area contributed by atoms with Crippen LogP contribution in [-0.4, -0.2) is 75.6 Å². The minimum absolute atomic E-state index is 0.238. The van der Waals surface area contributed by atoms with Crippen LogP contribution in [0.1, 0.15) is 25.6 Å². The number of aliphatic hydroxyl groups is 2. The first-order valence-corrected chi connectivity index (χ1v) is 15.3. The third-order valence-electron chi connectivity index (χ3n) is 4.80. The fourth-order valence-electron chi connectivity index (χ4n) is 3.06. The van der Waals surface area contributed by atoms with Crippen LogP contribution in [0.25, 0.3) is 0 Å². The molecule has 1 aromatic heterocycles. The van der Waals surface area contributed by atoms with Gasteiger partial charge < -0.3 is 39.4 Å². The van der Waals surface area contributed by atoms with E-state index in [-0.39, 0.29) is 4.90 Å². The van der Waals surface area contributed by atoms with Crippen LogP contribution in [0.5, 0.6) is 0 Å². The van der Waals surface area contributed by atoms with E-state index in [9.17, 15) is 56.4 Å². The summed E-state index contributed by atoms with van der Waals surface area (Å²) in [5, 5.41) is 20.4. The van der Waals surface area contributed by atoms with E-state index in [4.69, 9.17) is 19.4 Å². The van der Waals surface area contributed by atoms with Gasteiger partial charge in [-0.25, -0.2) is 18.5 Å². The van der Waals surface area contributed by atoms with Crippen molar-refractivity contribution in [2.75, 3.05) is 13.2 Å². The molecule has 1 amide bonds. The highest BCUT2D eigenvalue weighted by molar-refractivity contribution is 7.66. The van der Waals surface area contributed by atoms with Gasteiger partial charge in [0.15, 0.2) is 17.6 Å². The number of ether oxygens (including phenoxy) is 1. The quantitative estimate of drug-likeness (QED) is 0.117. The number of carbonyl (C=O) groups is 1. The number of aromatic amines is 1. The Hall–Kier alpha value is -2.61. The number of amides is 1. The highest BCUT2D eigenvalue weighted by Crippen LogP contribution is 2.66. The molecule has 238 valence electrons. The molecule has 3 unspecified atom stereocenters. The predicted molar refractivity (Wildman–Crippen MR) is 128 cm³/mol. The van der Waals surface area contributed by atoms with Crippen molar-refractivity contribution in [3.05, 3.63) is 55.8 Å². The topological polar surface area (TPSA) is 285 Å². The molecule has 0 saturated heterocycles. The van der Waals surface area contributed by atoms with Gasteiger partial charge in [0.2, 0.25) is 6.23 Å². The average molecular weight is 675 g/mol. The lowest BCUT2D eigenvalue weighted by molar-refractivity contribution is -0.185. The number of rotatable bonds is 12. The summed E-state index contributed by atoms with van der Waals surface area (Å²) < 4.78 is 90.0. The summed E-state index contributed by atoms with van der Waals surface area (Å²) in [6, 6.07) is 0. The van der Waals surface area contributed by atoms with Gasteiger partial charge in [0.25, 0.3) is 5.56 Å². The molecule has 1 aromatic rings. The second-order valence-electron chi connectivity index (χ2n) is 8.41. The summed E-state index contributed by atoms with van der Waals surface area (Å²) >= 11 is 0. The Morgan fingerprint density at radius 3 is 2.26 bits per heavy atom. The molecule has 25 heteroatoms. The van der Waals surface area contributed by atoms with Crippen LogP contribution in [0.2, 0.25) is 0 Å². The summed E-state index contributed by atoms with van der Waals surface area (Å²) in [5.74, 6) is -4.39. The molecule has 1 aliphatic heterocycles. The van der Waals surface area contributed by atoms with Crippen molar-refractivity contribution in [2.45, 2.75) is 38.9 Å². The van der Waals surface area contributed by atoms with E-state index in [1.807, 2.05) is 0 Å². The monoisotopic (exact) mass is 675 g/mol. The largest absolute Gasteiger partial charge is 0.506 e. The number of halogens is 3. The van der Waals surface area contributed by atoms with Gasteiger partial charge in [0.1, 0.15) is 6.61 Å². The van der Waals surface area contributed by atoms with E-state index in [0.717, 1.165) is 0 Å². The van der Waals surface area contributed by atoms with Gasteiger partial charge in [0, 0.05) is 12.7 Å². The number of phosphoric ester groups is 1. The number of hydrogen-bond donors (Lipinski definition) is 7. The minimum atomic E-state index is -5.89. The van der Waals surface area contributed by atoms with Crippen LogP contribution >= 0.6 is 23.5 Å². The van der Waals surface area contributed by atoms with Crippen LogP contribution in [-0.2, 0) is 42.9 Å². The molecule has 0 bridgehead atoms. The summed E-state index contributed by atoms with van der Waals surface area (Å²) in [6.45, 7) is 0.130. The number of nitrogens with one attached hydrogen (secondary N) is 1. The molecule has 19 nitrogen and oxygen atoms in total. The number of carbonyl (C=O) groups excluding carboxylic acids is 1. The van der Waals surface area contributed by atoms with E-state index in [0.29, 0.717) is 16.3 Å². The van der Waals surface area contributed by atoms with Crippen molar-refractivity contribution >= 4 is 29.4 Å². The van der Waals surface area contributed by atoms with E-state index in [2.05, 4.69) is 13.1 Å². The number of H-pyrrole nitrogens is 1. The zero-order valence-corrected chi connectivity index (χ0v) is 23.7. The fourth-order valence-corrected chi connectivity index (χ4v) is 6.03. The zero-order valence-electron chi connectivity index (χ0n) is 21.1. The Morgan fingerprint density at radius 1 is 1.14 bits per heavy atom. The number of hydrogen-bond acceptors (Lipinski definition) is 12. The molecular weight excluding hydrogens is 652 g/mol. The molecule has 0 spiro atoms. The lowest BCUT2D eigenvalue weighted by atomic mass is 10.2. The smallest absolute Gasteiger partial charge is 0.490 e. The second-order valence-corrected chi connectivity index (χ2v) is 12.8.